The molecular weight excluding hydrogens is 440 g/mol. The number of nitrogens with zero attached hydrogens (tertiary/aromatic N) is 1. The standard InChI is InChI=1S/C21H20N2O6S2/c1-3-14-6-7-15(21(24)25)11-20(14)31(28,29)23-19-12-17(30(2,26)27)8-9-18(19)16-5-4-10-22-13-16/h4-13,23H,3H2,1-2H3,(H,24,25). The largest absolute Gasteiger partial charge is 0.478 e. The van der Waals surface area contributed by atoms with Gasteiger partial charge in [-0.15, -0.1) is 0 Å². The van der Waals surface area contributed by atoms with Crippen molar-refractivity contribution in [2.75, 3.05) is 11.0 Å². The number of carboxylic acid groups (broad SMARTS) is 1. The Morgan fingerprint density at radius 1 is 1.06 bits per heavy atom. The number of benzene rings is 2. The third-order valence-electron chi connectivity index (χ3n) is 4.62. The maximum atomic E-state index is 13.2. The molecule has 31 heavy (non-hydrogen) atoms. The number of hydrogen-bond acceptors (Lipinski definition) is 6. The van der Waals surface area contributed by atoms with Crippen molar-refractivity contribution in [3.05, 3.63) is 72.1 Å². The minimum Gasteiger partial charge on any atom is -0.478 e. The molecule has 3 rings (SSSR count). The van der Waals surface area contributed by atoms with Gasteiger partial charge in [-0.3, -0.25) is 9.71 Å². The van der Waals surface area contributed by atoms with Crippen molar-refractivity contribution in [1.29, 1.82) is 0 Å². The summed E-state index contributed by atoms with van der Waals surface area (Å²) >= 11 is 0. The summed E-state index contributed by atoms with van der Waals surface area (Å²) in [4.78, 5) is 15.1. The number of aryl methyl sites for hydroxylation is 1. The lowest BCUT2D eigenvalue weighted by molar-refractivity contribution is 0.0696. The summed E-state index contributed by atoms with van der Waals surface area (Å²) in [5.74, 6) is -1.26. The van der Waals surface area contributed by atoms with Crippen molar-refractivity contribution in [3.8, 4) is 11.1 Å². The van der Waals surface area contributed by atoms with Gasteiger partial charge in [-0.2, -0.15) is 0 Å². The first kappa shape index (κ1) is 22.4. The van der Waals surface area contributed by atoms with Crippen molar-refractivity contribution >= 4 is 31.5 Å². The van der Waals surface area contributed by atoms with E-state index in [0.717, 1.165) is 12.3 Å². The van der Waals surface area contributed by atoms with E-state index in [-0.39, 0.29) is 21.0 Å². The molecule has 162 valence electrons. The SMILES string of the molecule is CCc1ccc(C(=O)O)cc1S(=O)(=O)Nc1cc(S(C)(=O)=O)ccc1-c1cccnc1. The third-order valence-corrected chi connectivity index (χ3v) is 7.18. The molecule has 2 N–H and O–H groups in total. The van der Waals surface area contributed by atoms with Gasteiger partial charge in [0.1, 0.15) is 0 Å². The van der Waals surface area contributed by atoms with E-state index in [0.29, 0.717) is 23.1 Å². The lowest BCUT2D eigenvalue weighted by atomic mass is 10.1. The van der Waals surface area contributed by atoms with Crippen molar-refractivity contribution in [1.82, 2.24) is 4.98 Å². The highest BCUT2D eigenvalue weighted by molar-refractivity contribution is 7.92. The molecule has 1 heterocycles. The van der Waals surface area contributed by atoms with E-state index < -0.39 is 25.8 Å². The van der Waals surface area contributed by atoms with Crippen LogP contribution in [0.2, 0.25) is 0 Å². The second-order valence-electron chi connectivity index (χ2n) is 6.81. The number of nitrogens with one attached hydrogen (secondary N) is 1. The van der Waals surface area contributed by atoms with Crippen LogP contribution >= 0.6 is 0 Å². The Morgan fingerprint density at radius 2 is 1.81 bits per heavy atom. The summed E-state index contributed by atoms with van der Waals surface area (Å²) in [6, 6.07) is 11.4. The van der Waals surface area contributed by atoms with Crippen LogP contribution in [0.3, 0.4) is 0 Å². The van der Waals surface area contributed by atoms with Gasteiger partial charge in [-0.1, -0.05) is 25.1 Å². The molecule has 0 aliphatic heterocycles. The zero-order valence-corrected chi connectivity index (χ0v) is 18.4. The molecule has 0 bridgehead atoms. The Hall–Kier alpha value is -3.24. The van der Waals surface area contributed by atoms with Gasteiger partial charge >= 0.3 is 5.97 Å². The first-order valence-electron chi connectivity index (χ1n) is 9.16. The van der Waals surface area contributed by atoms with E-state index in [9.17, 15) is 26.7 Å². The van der Waals surface area contributed by atoms with Crippen LogP contribution in [0.25, 0.3) is 11.1 Å². The molecule has 0 aliphatic carbocycles. The van der Waals surface area contributed by atoms with Crippen LogP contribution in [0.1, 0.15) is 22.8 Å². The van der Waals surface area contributed by atoms with Gasteiger partial charge < -0.3 is 5.11 Å². The zero-order chi connectivity index (χ0) is 22.8. The minimum atomic E-state index is -4.23. The Labute approximate surface area is 180 Å². The van der Waals surface area contributed by atoms with Crippen LogP contribution in [0, 0.1) is 0 Å². The van der Waals surface area contributed by atoms with Crippen molar-refractivity contribution in [2.24, 2.45) is 0 Å². The van der Waals surface area contributed by atoms with E-state index in [4.69, 9.17) is 0 Å². The number of aromatic nitrogens is 1. The molecule has 0 unspecified atom stereocenters. The van der Waals surface area contributed by atoms with Crippen LogP contribution in [0.15, 0.2) is 70.7 Å². The van der Waals surface area contributed by atoms with Crippen LogP contribution < -0.4 is 4.72 Å². The van der Waals surface area contributed by atoms with Crippen molar-refractivity contribution in [3.63, 3.8) is 0 Å². The number of carboxylic acids is 1. The normalized spacial score (nSPS) is 11.8. The van der Waals surface area contributed by atoms with Gasteiger partial charge in [0.2, 0.25) is 0 Å². The Bertz CT molecular complexity index is 1350. The van der Waals surface area contributed by atoms with E-state index in [1.54, 1.807) is 25.3 Å². The lowest BCUT2D eigenvalue weighted by Crippen LogP contribution is -2.17. The molecule has 0 saturated heterocycles. The maximum absolute atomic E-state index is 13.2. The Morgan fingerprint density at radius 3 is 2.39 bits per heavy atom. The summed E-state index contributed by atoms with van der Waals surface area (Å²) in [6.45, 7) is 1.75. The molecule has 0 aliphatic rings. The fraction of sp³-hybridized carbons (Fsp3) is 0.143. The smallest absolute Gasteiger partial charge is 0.335 e. The minimum absolute atomic E-state index is 0.0405. The maximum Gasteiger partial charge on any atom is 0.335 e. The topological polar surface area (TPSA) is 130 Å². The highest BCUT2D eigenvalue weighted by Gasteiger charge is 2.23. The fourth-order valence-corrected chi connectivity index (χ4v) is 5.10. The number of sulfone groups is 1. The lowest BCUT2D eigenvalue weighted by Gasteiger charge is -2.16. The predicted octanol–water partition coefficient (Wildman–Crippen LogP) is 3.21. The highest BCUT2D eigenvalue weighted by Crippen LogP contribution is 2.32. The van der Waals surface area contributed by atoms with Crippen LogP contribution in [-0.2, 0) is 26.3 Å². The van der Waals surface area contributed by atoms with E-state index in [2.05, 4.69) is 9.71 Å². The summed E-state index contributed by atoms with van der Waals surface area (Å²) in [5.41, 5.74) is 1.31. The Kier molecular flexibility index (Phi) is 6.14. The number of pyridine rings is 1. The van der Waals surface area contributed by atoms with Gasteiger partial charge in [0.15, 0.2) is 9.84 Å². The van der Waals surface area contributed by atoms with E-state index in [1.807, 2.05) is 0 Å². The summed E-state index contributed by atoms with van der Waals surface area (Å²) in [6.07, 6.45) is 4.46. The molecule has 0 saturated carbocycles. The highest BCUT2D eigenvalue weighted by atomic mass is 32.2. The first-order chi connectivity index (χ1) is 14.5. The van der Waals surface area contributed by atoms with Gasteiger partial charge in [0, 0.05) is 29.8 Å². The predicted molar refractivity (Wildman–Crippen MR) is 116 cm³/mol. The van der Waals surface area contributed by atoms with Crippen LogP contribution in [-0.4, -0.2) is 39.2 Å². The molecule has 3 aromatic rings. The second-order valence-corrected chi connectivity index (χ2v) is 10.5. The van der Waals surface area contributed by atoms with Gasteiger partial charge in [-0.25, -0.2) is 21.6 Å². The summed E-state index contributed by atoms with van der Waals surface area (Å²) in [7, 11) is -7.84. The van der Waals surface area contributed by atoms with E-state index >= 15 is 0 Å². The molecule has 0 radical (unpaired) electrons. The summed E-state index contributed by atoms with van der Waals surface area (Å²) in [5, 5.41) is 9.26. The number of carbonyl (C=O) groups is 1. The second kappa shape index (κ2) is 8.48. The van der Waals surface area contributed by atoms with Gasteiger partial charge in [0.25, 0.3) is 10.0 Å². The molecule has 8 nitrogen and oxygen atoms in total. The monoisotopic (exact) mass is 460 g/mol. The summed E-state index contributed by atoms with van der Waals surface area (Å²) < 4.78 is 53.0. The molecule has 0 atom stereocenters. The molecule has 1 aromatic heterocycles. The number of aromatic carboxylic acids is 1. The fourth-order valence-electron chi connectivity index (χ4n) is 3.04. The van der Waals surface area contributed by atoms with Gasteiger partial charge in [-0.05, 0) is 42.3 Å². The molecule has 0 spiro atoms. The van der Waals surface area contributed by atoms with Crippen LogP contribution in [0.5, 0.6) is 0 Å². The Balaban J connectivity index is 2.19. The number of sulfonamides is 1. The zero-order valence-electron chi connectivity index (χ0n) is 16.7. The third kappa shape index (κ3) is 4.92. The van der Waals surface area contributed by atoms with Gasteiger partial charge in [0.05, 0.1) is 21.0 Å². The van der Waals surface area contributed by atoms with Crippen LogP contribution in [0.4, 0.5) is 5.69 Å². The molecule has 2 aromatic carbocycles. The number of anilines is 1. The molecule has 0 amide bonds. The number of rotatable bonds is 7. The average Bonchev–Trinajstić information content (AvgIpc) is 2.73. The molecule has 10 heteroatoms. The quantitative estimate of drug-likeness (QED) is 0.553. The molecule has 0 fully saturated rings. The van der Waals surface area contributed by atoms with Crippen molar-refractivity contribution < 1.29 is 26.7 Å². The number of hydrogen-bond donors (Lipinski definition) is 2. The average molecular weight is 461 g/mol. The van der Waals surface area contributed by atoms with Crippen molar-refractivity contribution in [2.45, 2.75) is 23.1 Å². The van der Waals surface area contributed by atoms with E-state index in [1.165, 1.54) is 36.5 Å². The first-order valence-corrected chi connectivity index (χ1v) is 12.5. The molecular formula is C21H20N2O6S2.